The van der Waals surface area contributed by atoms with Crippen molar-refractivity contribution in [1.82, 2.24) is 10.2 Å². The monoisotopic (exact) mass is 256 g/mol. The fraction of sp³-hybridized carbons (Fsp3) is 0.929. The smallest absolute Gasteiger partial charge is 0.225 e. The number of ether oxygens (including phenoxy) is 1. The third kappa shape index (κ3) is 4.94. The van der Waals surface area contributed by atoms with E-state index in [4.69, 9.17) is 4.74 Å². The topological polar surface area (TPSA) is 41.6 Å². The summed E-state index contributed by atoms with van der Waals surface area (Å²) >= 11 is 0. The maximum Gasteiger partial charge on any atom is 0.225 e. The molecule has 0 unspecified atom stereocenters. The first kappa shape index (κ1) is 15.4. The van der Waals surface area contributed by atoms with Gasteiger partial charge in [0.15, 0.2) is 0 Å². The van der Waals surface area contributed by atoms with E-state index in [9.17, 15) is 4.79 Å². The molecule has 1 fully saturated rings. The normalized spacial score (nSPS) is 18.1. The second-order valence-corrected chi connectivity index (χ2v) is 5.86. The minimum absolute atomic E-state index is 0.230. The number of nitrogens with one attached hydrogen (secondary N) is 1. The van der Waals surface area contributed by atoms with Crippen LogP contribution in [0.2, 0.25) is 0 Å². The van der Waals surface area contributed by atoms with Crippen LogP contribution in [0.15, 0.2) is 0 Å². The number of carbonyl (C=O) groups excluding carboxylic acids is 1. The van der Waals surface area contributed by atoms with Crippen LogP contribution in [0.1, 0.15) is 39.5 Å². The van der Waals surface area contributed by atoms with Gasteiger partial charge in [-0.1, -0.05) is 0 Å². The molecule has 18 heavy (non-hydrogen) atoms. The quantitative estimate of drug-likeness (QED) is 0.785. The number of hydrogen-bond donors (Lipinski definition) is 1. The van der Waals surface area contributed by atoms with Crippen molar-refractivity contribution in [3.63, 3.8) is 0 Å². The zero-order chi connectivity index (χ0) is 13.6. The maximum atomic E-state index is 12.1. The number of hydrogen-bond acceptors (Lipinski definition) is 3. The van der Waals surface area contributed by atoms with Gasteiger partial charge < -0.3 is 15.0 Å². The summed E-state index contributed by atoms with van der Waals surface area (Å²) in [6, 6.07) is 0. The standard InChI is InChI=1S/C14H28N2O2/c1-14(2,18-4)11-13(17)16-9-6-12(7-10-16)5-8-15-3/h12,15H,5-11H2,1-4H3. The van der Waals surface area contributed by atoms with Crippen molar-refractivity contribution in [1.29, 1.82) is 0 Å². The van der Waals surface area contributed by atoms with E-state index in [0.29, 0.717) is 6.42 Å². The molecule has 0 aromatic heterocycles. The van der Waals surface area contributed by atoms with E-state index in [-0.39, 0.29) is 11.5 Å². The molecule has 0 saturated carbocycles. The number of nitrogens with zero attached hydrogens (tertiary/aromatic N) is 1. The van der Waals surface area contributed by atoms with Gasteiger partial charge in [-0.05, 0) is 52.6 Å². The first-order chi connectivity index (χ1) is 8.48. The van der Waals surface area contributed by atoms with Gasteiger partial charge in [0.2, 0.25) is 5.91 Å². The summed E-state index contributed by atoms with van der Waals surface area (Å²) in [7, 11) is 3.66. The van der Waals surface area contributed by atoms with Gasteiger partial charge in [-0.3, -0.25) is 4.79 Å². The van der Waals surface area contributed by atoms with Crippen LogP contribution in [0.5, 0.6) is 0 Å². The average molecular weight is 256 g/mol. The Morgan fingerprint density at radius 3 is 2.50 bits per heavy atom. The predicted molar refractivity (Wildman–Crippen MR) is 73.6 cm³/mol. The highest BCUT2D eigenvalue weighted by Crippen LogP contribution is 2.22. The number of amides is 1. The number of methoxy groups -OCH3 is 1. The molecule has 1 heterocycles. The highest BCUT2D eigenvalue weighted by Gasteiger charge is 2.27. The molecule has 4 nitrogen and oxygen atoms in total. The maximum absolute atomic E-state index is 12.1. The Bertz CT molecular complexity index is 259. The molecular weight excluding hydrogens is 228 g/mol. The van der Waals surface area contributed by atoms with Crippen LogP contribution in [-0.2, 0) is 9.53 Å². The molecule has 106 valence electrons. The Morgan fingerprint density at radius 2 is 2.00 bits per heavy atom. The number of rotatable bonds is 6. The molecule has 0 aliphatic carbocycles. The van der Waals surface area contributed by atoms with E-state index < -0.39 is 0 Å². The van der Waals surface area contributed by atoms with Gasteiger partial charge in [-0.2, -0.15) is 0 Å². The second kappa shape index (κ2) is 7.10. The highest BCUT2D eigenvalue weighted by atomic mass is 16.5. The lowest BCUT2D eigenvalue weighted by molar-refractivity contribution is -0.137. The third-order valence-corrected chi connectivity index (χ3v) is 3.90. The Balaban J connectivity index is 2.32. The molecule has 0 atom stereocenters. The van der Waals surface area contributed by atoms with Gasteiger partial charge in [0.1, 0.15) is 0 Å². The van der Waals surface area contributed by atoms with Crippen LogP contribution < -0.4 is 5.32 Å². The molecule has 4 heteroatoms. The minimum Gasteiger partial charge on any atom is -0.378 e. The van der Waals surface area contributed by atoms with Gasteiger partial charge in [-0.15, -0.1) is 0 Å². The Hall–Kier alpha value is -0.610. The zero-order valence-corrected chi connectivity index (χ0v) is 12.3. The SMILES string of the molecule is CNCCC1CCN(C(=O)CC(C)(C)OC)CC1. The summed E-state index contributed by atoms with van der Waals surface area (Å²) in [6.45, 7) is 6.82. The molecule has 1 rings (SSSR count). The van der Waals surface area contributed by atoms with E-state index in [0.717, 1.165) is 38.4 Å². The third-order valence-electron chi connectivity index (χ3n) is 3.90. The highest BCUT2D eigenvalue weighted by molar-refractivity contribution is 5.77. The lowest BCUT2D eigenvalue weighted by Gasteiger charge is -2.34. The van der Waals surface area contributed by atoms with Gasteiger partial charge in [0.05, 0.1) is 12.0 Å². The first-order valence-electron chi connectivity index (χ1n) is 6.96. The van der Waals surface area contributed by atoms with Gasteiger partial charge in [-0.25, -0.2) is 0 Å². The predicted octanol–water partition coefficient (Wildman–Crippen LogP) is 1.65. The van der Waals surface area contributed by atoms with Crippen LogP contribution in [0, 0.1) is 5.92 Å². The van der Waals surface area contributed by atoms with Crippen LogP contribution in [0.25, 0.3) is 0 Å². The lowest BCUT2D eigenvalue weighted by Crippen LogP contribution is -2.42. The molecule has 0 aromatic carbocycles. The molecular formula is C14H28N2O2. The summed E-state index contributed by atoms with van der Waals surface area (Å²) in [5.74, 6) is 1.01. The van der Waals surface area contributed by atoms with Crippen LogP contribution >= 0.6 is 0 Å². The van der Waals surface area contributed by atoms with E-state index in [1.807, 2.05) is 25.8 Å². The molecule has 1 aliphatic heterocycles. The largest absolute Gasteiger partial charge is 0.378 e. The summed E-state index contributed by atoms with van der Waals surface area (Å²) in [5, 5.41) is 3.19. The molecule has 1 aliphatic rings. The van der Waals surface area contributed by atoms with Crippen molar-refractivity contribution in [2.24, 2.45) is 5.92 Å². The summed E-state index contributed by atoms with van der Waals surface area (Å²) < 4.78 is 5.32. The molecule has 0 spiro atoms. The average Bonchev–Trinajstić information content (AvgIpc) is 2.36. The number of carbonyl (C=O) groups is 1. The summed E-state index contributed by atoms with van der Waals surface area (Å²) in [4.78, 5) is 14.1. The van der Waals surface area contributed by atoms with Crippen LogP contribution in [-0.4, -0.2) is 50.2 Å². The van der Waals surface area contributed by atoms with E-state index in [2.05, 4.69) is 5.32 Å². The molecule has 1 saturated heterocycles. The lowest BCUT2D eigenvalue weighted by atomic mass is 9.93. The zero-order valence-electron chi connectivity index (χ0n) is 12.3. The fourth-order valence-corrected chi connectivity index (χ4v) is 2.37. The first-order valence-corrected chi connectivity index (χ1v) is 6.96. The van der Waals surface area contributed by atoms with Crippen molar-refractivity contribution in [2.45, 2.75) is 45.1 Å². The van der Waals surface area contributed by atoms with E-state index >= 15 is 0 Å². The van der Waals surface area contributed by atoms with Gasteiger partial charge in [0.25, 0.3) is 0 Å². The van der Waals surface area contributed by atoms with Crippen molar-refractivity contribution in [2.75, 3.05) is 33.8 Å². The van der Waals surface area contributed by atoms with Crippen molar-refractivity contribution in [3.05, 3.63) is 0 Å². The molecule has 0 radical (unpaired) electrons. The van der Waals surface area contributed by atoms with Gasteiger partial charge in [0, 0.05) is 20.2 Å². The molecule has 0 bridgehead atoms. The van der Waals surface area contributed by atoms with E-state index in [1.54, 1.807) is 7.11 Å². The summed E-state index contributed by atoms with van der Waals surface area (Å²) in [5.41, 5.74) is -0.347. The molecule has 0 aromatic rings. The Morgan fingerprint density at radius 1 is 1.39 bits per heavy atom. The minimum atomic E-state index is -0.347. The molecule has 1 N–H and O–H groups in total. The second-order valence-electron chi connectivity index (χ2n) is 5.86. The number of likely N-dealkylation sites (tertiary alicyclic amines) is 1. The van der Waals surface area contributed by atoms with Crippen molar-refractivity contribution < 1.29 is 9.53 Å². The van der Waals surface area contributed by atoms with Crippen molar-refractivity contribution in [3.8, 4) is 0 Å². The van der Waals surface area contributed by atoms with Crippen LogP contribution in [0.4, 0.5) is 0 Å². The Labute approximate surface area is 111 Å². The molecule has 1 amide bonds. The fourth-order valence-electron chi connectivity index (χ4n) is 2.37. The van der Waals surface area contributed by atoms with E-state index in [1.165, 1.54) is 6.42 Å². The number of piperidine rings is 1. The Kier molecular flexibility index (Phi) is 6.09. The van der Waals surface area contributed by atoms with Crippen LogP contribution in [0.3, 0.4) is 0 Å². The van der Waals surface area contributed by atoms with Gasteiger partial charge >= 0.3 is 0 Å². The summed E-state index contributed by atoms with van der Waals surface area (Å²) in [6.07, 6.45) is 3.98. The van der Waals surface area contributed by atoms with Crippen molar-refractivity contribution >= 4 is 5.91 Å².